The number of rotatable bonds is 8. The van der Waals surface area contributed by atoms with Crippen molar-refractivity contribution >= 4 is 69.5 Å². The Bertz CT molecular complexity index is 5490. The van der Waals surface area contributed by atoms with Crippen LogP contribution in [0.2, 0.25) is 0 Å². The number of hydrogen-bond donors (Lipinski definition) is 4. The van der Waals surface area contributed by atoms with Gasteiger partial charge in [0.1, 0.15) is 5.78 Å². The standard InChI is InChI=1S/2C28H34F3NO2.C27H32F3NO2.C27H30F3NO2/c2*1-16-14-17-15-18(33)10-12-26(17,2)21-11-13-27(3)20(24(16)21)8-9-22(27)25(34)32-23-7-5-4-6-19(23)28(29,30)31;2*1-25-13-11-17(32)15-16(25)7-8-18-19-9-10-22(26(19,2)14-12-20(18)25)24(33)31-23-6-4-3-5-21(23)27(28,29)30/h4-7,15-16,20-22,24H,8-14H2,1-3H3,(H,32,34);4-7,14,16,20-22,24H,8-13,15H2,1-3H3,(H,32,34);3-6,15,18-20,22H,7-14H2,1-2H3,(H,31,33);3-8,15,18-20,22H,9-14H2,1-2H3,(H,31,33)/t2*16?,20?,21?,22-,24?,26+,27+;2*18?,19?,20?,22-,25+,26+/m1111/s1. The van der Waals surface area contributed by atoms with Gasteiger partial charge in [-0.2, -0.15) is 52.7 Å². The third-order valence-electron chi connectivity index (χ3n) is 39.3. The lowest BCUT2D eigenvalue weighted by molar-refractivity contribution is -0.138. The molecular weight excluding hydrogens is 1730 g/mol. The summed E-state index contributed by atoms with van der Waals surface area (Å²) in [4.78, 5) is 102. The van der Waals surface area contributed by atoms with Crippen LogP contribution in [0, 0.1) is 150 Å². The van der Waals surface area contributed by atoms with Crippen LogP contribution in [0.1, 0.15) is 271 Å². The average molecular weight is 1860 g/mol. The van der Waals surface area contributed by atoms with Crippen molar-refractivity contribution < 1.29 is 91.0 Å². The number of amides is 4. The highest BCUT2D eigenvalue weighted by atomic mass is 19.4. The maximum Gasteiger partial charge on any atom is 0.418 e. The molecule has 4 aromatic carbocycles. The van der Waals surface area contributed by atoms with E-state index >= 15 is 0 Å². The number of anilines is 4. The first-order chi connectivity index (χ1) is 63.0. The normalized spacial score (nSPS) is 38.7. The maximum atomic E-state index is 13.5. The molecule has 0 spiro atoms. The Kier molecular flexibility index (Phi) is 25.6. The summed E-state index contributed by atoms with van der Waals surface area (Å²) in [5.74, 6) is 4.71. The van der Waals surface area contributed by atoms with Crippen LogP contribution in [0.15, 0.2) is 156 Å². The van der Waals surface area contributed by atoms with Crippen molar-refractivity contribution in [3.8, 4) is 0 Å². The highest BCUT2D eigenvalue weighted by molar-refractivity contribution is 5.98. The van der Waals surface area contributed by atoms with E-state index in [9.17, 15) is 91.0 Å². The van der Waals surface area contributed by atoms with Gasteiger partial charge in [0.25, 0.3) is 0 Å². The van der Waals surface area contributed by atoms with Crippen LogP contribution in [0.5, 0.6) is 0 Å². The van der Waals surface area contributed by atoms with Crippen LogP contribution in [0.25, 0.3) is 0 Å². The van der Waals surface area contributed by atoms with Gasteiger partial charge in [-0.3, -0.25) is 38.4 Å². The topological polar surface area (TPSA) is 185 Å². The van der Waals surface area contributed by atoms with Gasteiger partial charge in [0.05, 0.1) is 45.0 Å². The Balaban J connectivity index is 0.000000124. The number of halogens is 12. The zero-order valence-electron chi connectivity index (χ0n) is 78.7. The Morgan fingerprint density at radius 2 is 0.679 bits per heavy atom. The molecule has 0 heterocycles. The molecule has 0 radical (unpaired) electrons. The summed E-state index contributed by atoms with van der Waals surface area (Å²) in [5.41, 5.74) is 0.555. The second-order valence-corrected chi connectivity index (χ2v) is 45.4. The van der Waals surface area contributed by atoms with Gasteiger partial charge in [-0.25, -0.2) is 0 Å². The summed E-state index contributed by atoms with van der Waals surface area (Å²) in [7, 11) is 0. The summed E-state index contributed by atoms with van der Waals surface area (Å²) in [6.07, 6.45) is 18.0. The molecule has 14 unspecified atom stereocenters. The van der Waals surface area contributed by atoms with E-state index in [1.54, 1.807) is 0 Å². The lowest BCUT2D eigenvalue weighted by atomic mass is 9.44. The summed E-state index contributed by atoms with van der Waals surface area (Å²) >= 11 is 0. The van der Waals surface area contributed by atoms with Gasteiger partial charge in [-0.05, 0) is 346 Å². The molecule has 11 saturated carbocycles. The van der Waals surface area contributed by atoms with Crippen molar-refractivity contribution in [2.75, 3.05) is 21.3 Å². The molecule has 4 N–H and O–H groups in total. The van der Waals surface area contributed by atoms with E-state index in [1.165, 1.54) is 89.5 Å². The second kappa shape index (κ2) is 35.3. The van der Waals surface area contributed by atoms with Gasteiger partial charge in [0.15, 0.2) is 17.3 Å². The van der Waals surface area contributed by atoms with E-state index in [-0.39, 0.29) is 131 Å². The van der Waals surface area contributed by atoms with E-state index in [4.69, 9.17) is 0 Å². The fourth-order valence-corrected chi connectivity index (χ4v) is 32.3. The number of nitrogens with one attached hydrogen (secondary N) is 4. The van der Waals surface area contributed by atoms with E-state index < -0.39 is 47.0 Å². The van der Waals surface area contributed by atoms with Gasteiger partial charge in [0, 0.05) is 55.8 Å². The van der Waals surface area contributed by atoms with E-state index in [2.05, 4.69) is 109 Å². The summed E-state index contributed by atoms with van der Waals surface area (Å²) in [6.45, 7) is 22.6. The molecule has 4 aromatic rings. The minimum Gasteiger partial charge on any atom is -0.325 e. The Morgan fingerprint density at radius 1 is 0.336 bits per heavy atom. The zero-order valence-corrected chi connectivity index (χ0v) is 78.7. The smallest absolute Gasteiger partial charge is 0.325 e. The third-order valence-corrected chi connectivity index (χ3v) is 39.3. The highest BCUT2D eigenvalue weighted by Gasteiger charge is 2.67. The van der Waals surface area contributed by atoms with Gasteiger partial charge >= 0.3 is 24.7 Å². The Morgan fingerprint density at radius 3 is 1.13 bits per heavy atom. The average Bonchev–Trinajstić information content (AvgIpc) is 1.40. The molecule has 24 heteroatoms. The molecule has 0 aromatic heterocycles. The number of hydrogen-bond acceptors (Lipinski definition) is 8. The predicted molar refractivity (Wildman–Crippen MR) is 490 cm³/mol. The largest absolute Gasteiger partial charge is 0.418 e. The van der Waals surface area contributed by atoms with Crippen LogP contribution in [0.4, 0.5) is 75.4 Å². The van der Waals surface area contributed by atoms with Crippen molar-refractivity contribution in [3.63, 3.8) is 0 Å². The first kappa shape index (κ1) is 97.0. The molecule has 4 amide bonds. The third kappa shape index (κ3) is 17.0. The van der Waals surface area contributed by atoms with Crippen LogP contribution in [-0.2, 0) is 63.1 Å². The molecule has 20 rings (SSSR count). The molecule has 16 aliphatic carbocycles. The second-order valence-electron chi connectivity index (χ2n) is 45.4. The summed E-state index contributed by atoms with van der Waals surface area (Å²) in [6, 6.07) is 20.9. The summed E-state index contributed by atoms with van der Waals surface area (Å²) in [5, 5.41) is 10.6. The fourth-order valence-electron chi connectivity index (χ4n) is 32.3. The minimum absolute atomic E-state index is 0.0132. The molecule has 26 atom stereocenters. The number of fused-ring (bicyclic) bond motifs is 20. The van der Waals surface area contributed by atoms with Crippen LogP contribution < -0.4 is 21.3 Å². The monoisotopic (exact) mass is 1860 g/mol. The fraction of sp³-hybridized carbons (Fsp3) is 0.618. The van der Waals surface area contributed by atoms with Crippen LogP contribution in [0.3, 0.4) is 0 Å². The SMILES string of the molecule is CC1C=C2CC(=O)CC[C@]2(C)C2CC[C@@]3(C)C(CC[C@@H]3C(=O)Nc3ccccc3C(F)(F)F)C12.CC1CC2=CC(=O)CC[C@]2(C)C2CC[C@@]3(C)C(CC[C@@H]3C(=O)Nc3ccccc3C(F)(F)F)C12.C[C@]12CCC(=O)C=C1C=CC1C2CC[C@@]2(C)C1CC[C@@H]2C(=O)Nc1ccccc1C(F)(F)F.C[C@]12CCC(=O)C=C1CCC1C2CC[C@@]2(C)C1CC[C@@H]2C(=O)Nc1ccccc1C(F)(F)F. The molecule has 16 aliphatic rings. The number of ketones is 4. The van der Waals surface area contributed by atoms with Gasteiger partial charge < -0.3 is 21.3 Å². The molecular formula is C110H130F12N4O8. The lowest BCUT2D eigenvalue weighted by Gasteiger charge is -2.60. The minimum atomic E-state index is -4.51. The molecule has 0 aliphatic heterocycles. The molecule has 12 nitrogen and oxygen atoms in total. The molecule has 134 heavy (non-hydrogen) atoms. The first-order valence-corrected chi connectivity index (χ1v) is 49.5. The molecule has 0 saturated heterocycles. The van der Waals surface area contributed by atoms with Gasteiger partial charge in [0.2, 0.25) is 23.6 Å². The van der Waals surface area contributed by atoms with E-state index in [0.29, 0.717) is 134 Å². The first-order valence-electron chi connectivity index (χ1n) is 49.5. The highest BCUT2D eigenvalue weighted by Crippen LogP contribution is 2.73. The van der Waals surface area contributed by atoms with Crippen LogP contribution >= 0.6 is 0 Å². The molecule has 722 valence electrons. The molecule has 0 bridgehead atoms. The Hall–Kier alpha value is -8.70. The summed E-state index contributed by atoms with van der Waals surface area (Å²) < 4.78 is 161. The predicted octanol–water partition coefficient (Wildman–Crippen LogP) is 27.4. The molecule has 11 fully saturated rings. The van der Waals surface area contributed by atoms with Crippen molar-refractivity contribution in [2.24, 2.45) is 150 Å². The van der Waals surface area contributed by atoms with E-state index in [0.717, 1.165) is 165 Å². The maximum absolute atomic E-state index is 13.5. The number of carbonyl (C=O) groups is 8. The van der Waals surface area contributed by atoms with Crippen molar-refractivity contribution in [1.82, 2.24) is 0 Å². The number of benzene rings is 4. The quantitative estimate of drug-likeness (QED) is 0.0992. The van der Waals surface area contributed by atoms with E-state index in [1.807, 2.05) is 18.2 Å². The van der Waals surface area contributed by atoms with Crippen molar-refractivity contribution in [1.29, 1.82) is 0 Å². The number of para-hydroxylation sites is 4. The Labute approximate surface area is 779 Å². The number of Topliss-reactive ketones (excluding diaryl/α,β-unsaturated/α-hetero) is 1. The number of allylic oxidation sites excluding steroid dienone is 8. The van der Waals surface area contributed by atoms with Gasteiger partial charge in [-0.1, -0.05) is 153 Å². The number of carbonyl (C=O) groups excluding carboxylic acids is 8. The van der Waals surface area contributed by atoms with Crippen LogP contribution in [-0.4, -0.2) is 46.8 Å². The van der Waals surface area contributed by atoms with Crippen molar-refractivity contribution in [3.05, 3.63) is 178 Å². The number of alkyl halides is 12. The zero-order chi connectivity index (χ0) is 96.1. The van der Waals surface area contributed by atoms with Gasteiger partial charge in [-0.15, -0.1) is 0 Å². The lowest BCUT2D eigenvalue weighted by Crippen LogP contribution is -2.54. The van der Waals surface area contributed by atoms with Crippen molar-refractivity contribution in [2.45, 2.75) is 274 Å².